The highest BCUT2D eigenvalue weighted by atomic mass is 16.2. The van der Waals surface area contributed by atoms with Crippen LogP contribution in [0.5, 0.6) is 0 Å². The molecule has 2 heteroatoms. The van der Waals surface area contributed by atoms with E-state index >= 15 is 0 Å². The molecule has 1 amide bonds. The molecule has 21 heavy (non-hydrogen) atoms. The van der Waals surface area contributed by atoms with Crippen LogP contribution in [0.15, 0.2) is 60.7 Å². The molecule has 0 spiro atoms. The molecule has 0 saturated heterocycles. The summed E-state index contributed by atoms with van der Waals surface area (Å²) >= 11 is 0. The van der Waals surface area contributed by atoms with Gasteiger partial charge in [0, 0.05) is 18.7 Å². The average Bonchev–Trinajstić information content (AvgIpc) is 3.10. The van der Waals surface area contributed by atoms with Gasteiger partial charge < -0.3 is 4.90 Å². The molecule has 1 fully saturated rings. The second-order valence-corrected chi connectivity index (χ2v) is 6.42. The van der Waals surface area contributed by atoms with E-state index in [1.54, 1.807) is 4.90 Å². The van der Waals surface area contributed by atoms with Crippen molar-refractivity contribution in [3.05, 3.63) is 66.2 Å². The van der Waals surface area contributed by atoms with E-state index in [1.165, 1.54) is 5.56 Å². The third kappa shape index (κ3) is 2.35. The summed E-state index contributed by atoms with van der Waals surface area (Å²) in [5, 5.41) is 0. The molecule has 0 unspecified atom stereocenters. The van der Waals surface area contributed by atoms with Crippen LogP contribution in [0.2, 0.25) is 0 Å². The number of amides is 1. The van der Waals surface area contributed by atoms with E-state index in [9.17, 15) is 4.79 Å². The highest BCUT2D eigenvalue weighted by Crippen LogP contribution is 2.64. The number of carbonyl (C=O) groups is 1. The van der Waals surface area contributed by atoms with Gasteiger partial charge in [0.25, 0.3) is 0 Å². The van der Waals surface area contributed by atoms with Crippen molar-refractivity contribution in [2.24, 2.45) is 11.3 Å². The first-order valence-corrected chi connectivity index (χ1v) is 7.41. The van der Waals surface area contributed by atoms with Crippen molar-refractivity contribution < 1.29 is 4.79 Å². The first kappa shape index (κ1) is 13.9. The Labute approximate surface area is 126 Å². The highest BCUT2D eigenvalue weighted by Gasteiger charge is 2.62. The Morgan fingerprint density at radius 3 is 2.05 bits per heavy atom. The van der Waals surface area contributed by atoms with Crippen molar-refractivity contribution in [2.45, 2.75) is 19.8 Å². The molecule has 0 aromatic heterocycles. The van der Waals surface area contributed by atoms with E-state index < -0.39 is 0 Å². The Morgan fingerprint density at radius 1 is 0.952 bits per heavy atom. The van der Waals surface area contributed by atoms with Gasteiger partial charge in [-0.2, -0.15) is 0 Å². The van der Waals surface area contributed by atoms with Gasteiger partial charge in [0.05, 0.1) is 5.92 Å². The van der Waals surface area contributed by atoms with Crippen molar-refractivity contribution in [2.75, 3.05) is 11.9 Å². The van der Waals surface area contributed by atoms with Crippen molar-refractivity contribution in [1.82, 2.24) is 0 Å². The number of hydrogen-bond donors (Lipinski definition) is 0. The van der Waals surface area contributed by atoms with Crippen LogP contribution in [0, 0.1) is 11.3 Å². The average molecular weight is 279 g/mol. The Hall–Kier alpha value is -2.09. The molecule has 3 rings (SSSR count). The quantitative estimate of drug-likeness (QED) is 0.828. The molecule has 1 saturated carbocycles. The van der Waals surface area contributed by atoms with Gasteiger partial charge in [-0.1, -0.05) is 62.4 Å². The number of nitrogens with zero attached hydrogens (tertiary/aromatic N) is 1. The van der Waals surface area contributed by atoms with Crippen LogP contribution in [0.1, 0.15) is 25.3 Å². The predicted molar refractivity (Wildman–Crippen MR) is 86.3 cm³/mol. The summed E-state index contributed by atoms with van der Waals surface area (Å²) in [6, 6.07) is 20.2. The zero-order chi connectivity index (χ0) is 15.0. The summed E-state index contributed by atoms with van der Waals surface area (Å²) in [6.45, 7) is 4.37. The topological polar surface area (TPSA) is 20.3 Å². The van der Waals surface area contributed by atoms with E-state index in [0.29, 0.717) is 5.92 Å². The molecular formula is C19H21NO. The second kappa shape index (κ2) is 5.03. The smallest absolute Gasteiger partial charge is 0.231 e. The first-order valence-electron chi connectivity index (χ1n) is 7.41. The molecule has 1 aliphatic carbocycles. The van der Waals surface area contributed by atoms with Gasteiger partial charge in [0.2, 0.25) is 5.91 Å². The summed E-state index contributed by atoms with van der Waals surface area (Å²) in [4.78, 5) is 14.6. The van der Waals surface area contributed by atoms with Crippen molar-refractivity contribution in [3.63, 3.8) is 0 Å². The largest absolute Gasteiger partial charge is 0.315 e. The van der Waals surface area contributed by atoms with Gasteiger partial charge in [-0.3, -0.25) is 4.79 Å². The summed E-state index contributed by atoms with van der Waals surface area (Å²) in [5.74, 6) is 0.586. The number of rotatable bonds is 3. The molecule has 0 bridgehead atoms. The van der Waals surface area contributed by atoms with Crippen LogP contribution in [0.3, 0.4) is 0 Å². The normalized spacial score (nSPS) is 22.6. The lowest BCUT2D eigenvalue weighted by Crippen LogP contribution is -2.29. The summed E-state index contributed by atoms with van der Waals surface area (Å²) in [5.41, 5.74) is 2.25. The summed E-state index contributed by atoms with van der Waals surface area (Å²) < 4.78 is 0. The van der Waals surface area contributed by atoms with E-state index in [1.807, 2.05) is 55.6 Å². The molecule has 2 atom stereocenters. The Kier molecular flexibility index (Phi) is 3.32. The van der Waals surface area contributed by atoms with Gasteiger partial charge in [0.15, 0.2) is 0 Å². The third-order valence-corrected chi connectivity index (χ3v) is 4.73. The zero-order valence-corrected chi connectivity index (χ0v) is 12.8. The lowest BCUT2D eigenvalue weighted by atomic mass is 10.0. The lowest BCUT2D eigenvalue weighted by Gasteiger charge is -2.18. The van der Waals surface area contributed by atoms with Gasteiger partial charge in [-0.05, 0) is 23.1 Å². The number of hydrogen-bond acceptors (Lipinski definition) is 1. The first-order chi connectivity index (χ1) is 10.0. The van der Waals surface area contributed by atoms with Gasteiger partial charge in [0.1, 0.15) is 0 Å². The molecule has 0 aliphatic heterocycles. The zero-order valence-electron chi connectivity index (χ0n) is 12.8. The van der Waals surface area contributed by atoms with Crippen molar-refractivity contribution in [1.29, 1.82) is 0 Å². The fourth-order valence-corrected chi connectivity index (χ4v) is 3.37. The van der Waals surface area contributed by atoms with E-state index in [2.05, 4.69) is 26.0 Å². The monoisotopic (exact) mass is 279 g/mol. The molecule has 0 N–H and O–H groups in total. The maximum absolute atomic E-state index is 12.8. The van der Waals surface area contributed by atoms with E-state index in [4.69, 9.17) is 0 Å². The van der Waals surface area contributed by atoms with Gasteiger partial charge >= 0.3 is 0 Å². The predicted octanol–water partition coefficient (Wildman–Crippen LogP) is 4.09. The standard InChI is InChI=1S/C19H21NO/c1-19(2)16(14-10-6-4-7-11-14)17(19)18(21)20(3)15-12-8-5-9-13-15/h4-13,16-17H,1-3H3/t16-,17+/m1/s1. The number of benzene rings is 2. The minimum absolute atomic E-state index is 0.0292. The van der Waals surface area contributed by atoms with Crippen LogP contribution in [-0.4, -0.2) is 13.0 Å². The Morgan fingerprint density at radius 2 is 1.48 bits per heavy atom. The van der Waals surface area contributed by atoms with Crippen molar-refractivity contribution in [3.8, 4) is 0 Å². The van der Waals surface area contributed by atoms with Crippen LogP contribution >= 0.6 is 0 Å². The van der Waals surface area contributed by atoms with E-state index in [0.717, 1.165) is 5.69 Å². The maximum atomic E-state index is 12.8. The van der Waals surface area contributed by atoms with Gasteiger partial charge in [-0.25, -0.2) is 0 Å². The molecule has 2 aromatic carbocycles. The maximum Gasteiger partial charge on any atom is 0.231 e. The lowest BCUT2D eigenvalue weighted by molar-refractivity contribution is -0.120. The number of carbonyl (C=O) groups excluding carboxylic acids is 1. The Bertz CT molecular complexity index is 633. The Balaban J connectivity index is 1.83. The summed E-state index contributed by atoms with van der Waals surface area (Å²) in [6.07, 6.45) is 0. The SMILES string of the molecule is CN(C(=O)[C@@H]1[C@@H](c2ccccc2)C1(C)C)c1ccccc1. The van der Waals surface area contributed by atoms with Crippen LogP contribution < -0.4 is 4.90 Å². The molecule has 108 valence electrons. The molecule has 2 nitrogen and oxygen atoms in total. The fourth-order valence-electron chi connectivity index (χ4n) is 3.37. The third-order valence-electron chi connectivity index (χ3n) is 4.73. The number of para-hydroxylation sites is 1. The van der Waals surface area contributed by atoms with Crippen LogP contribution in [0.4, 0.5) is 5.69 Å². The minimum Gasteiger partial charge on any atom is -0.315 e. The van der Waals surface area contributed by atoms with Crippen molar-refractivity contribution >= 4 is 11.6 Å². The summed E-state index contributed by atoms with van der Waals surface area (Å²) in [7, 11) is 1.87. The fraction of sp³-hybridized carbons (Fsp3) is 0.316. The highest BCUT2D eigenvalue weighted by molar-refractivity contribution is 5.98. The van der Waals surface area contributed by atoms with E-state index in [-0.39, 0.29) is 17.2 Å². The molecule has 0 radical (unpaired) electrons. The van der Waals surface area contributed by atoms with Crippen LogP contribution in [-0.2, 0) is 4.79 Å². The number of anilines is 1. The minimum atomic E-state index is 0.0292. The molecule has 1 aliphatic rings. The van der Waals surface area contributed by atoms with Gasteiger partial charge in [-0.15, -0.1) is 0 Å². The second-order valence-electron chi connectivity index (χ2n) is 6.42. The molecule has 2 aromatic rings. The van der Waals surface area contributed by atoms with Crippen LogP contribution in [0.25, 0.3) is 0 Å². The molecular weight excluding hydrogens is 258 g/mol. The molecule has 0 heterocycles.